The number of nitrogens with one attached hydrogen (secondary N) is 2. The molecule has 1 aromatic heterocycles. The average Bonchev–Trinajstić information content (AvgIpc) is 3.16. The number of rotatable bonds is 8. The topological polar surface area (TPSA) is 61.8 Å². The molecule has 29 heavy (non-hydrogen) atoms. The SMILES string of the molecule is CN=C(NCCc1nc(C(F)(F)F)cs1)NCC(c1cccc(OC)c1)N(C)C. The molecule has 0 radical (unpaired) electrons. The molecule has 1 atom stereocenters. The molecule has 0 bridgehead atoms. The van der Waals surface area contributed by atoms with Crippen molar-refractivity contribution in [3.8, 4) is 5.75 Å². The summed E-state index contributed by atoms with van der Waals surface area (Å²) in [5.41, 5.74) is 0.256. The van der Waals surface area contributed by atoms with Crippen LogP contribution in [-0.2, 0) is 12.6 Å². The zero-order chi connectivity index (χ0) is 21.4. The molecule has 1 unspecified atom stereocenters. The van der Waals surface area contributed by atoms with Crippen LogP contribution in [-0.4, -0.2) is 57.2 Å². The number of aromatic nitrogens is 1. The molecule has 2 aromatic rings. The standard InChI is InChI=1S/C19H26F3N5OS/c1-23-18(24-9-8-17-26-16(12-29-17)19(20,21)22)25-11-15(27(2)3)13-6-5-7-14(10-13)28-4/h5-7,10,12,15H,8-9,11H2,1-4H3,(H2,23,24,25). The summed E-state index contributed by atoms with van der Waals surface area (Å²) in [6, 6.07) is 7.94. The van der Waals surface area contributed by atoms with Crippen LogP contribution in [0, 0.1) is 0 Å². The summed E-state index contributed by atoms with van der Waals surface area (Å²) < 4.78 is 43.2. The number of hydrogen-bond donors (Lipinski definition) is 2. The third-order valence-corrected chi connectivity index (χ3v) is 5.17. The second-order valence-corrected chi connectivity index (χ2v) is 7.45. The molecule has 0 spiro atoms. The van der Waals surface area contributed by atoms with Gasteiger partial charge in [0, 0.05) is 31.9 Å². The van der Waals surface area contributed by atoms with Gasteiger partial charge in [-0.1, -0.05) is 12.1 Å². The van der Waals surface area contributed by atoms with Gasteiger partial charge in [0.25, 0.3) is 0 Å². The first-order chi connectivity index (χ1) is 13.7. The van der Waals surface area contributed by atoms with Gasteiger partial charge in [-0.25, -0.2) is 4.98 Å². The van der Waals surface area contributed by atoms with Crippen molar-refractivity contribution in [2.45, 2.75) is 18.6 Å². The highest BCUT2D eigenvalue weighted by atomic mass is 32.1. The molecule has 0 fully saturated rings. The molecule has 0 amide bonds. The van der Waals surface area contributed by atoms with Gasteiger partial charge in [0.1, 0.15) is 5.75 Å². The highest BCUT2D eigenvalue weighted by molar-refractivity contribution is 7.09. The van der Waals surface area contributed by atoms with E-state index in [1.807, 2.05) is 38.4 Å². The minimum atomic E-state index is -4.40. The molecule has 0 saturated carbocycles. The van der Waals surface area contributed by atoms with Crippen molar-refractivity contribution >= 4 is 17.3 Å². The van der Waals surface area contributed by atoms with Crippen LogP contribution in [0.1, 0.15) is 22.3 Å². The Hall–Kier alpha value is -2.33. The lowest BCUT2D eigenvalue weighted by molar-refractivity contribution is -0.140. The Kier molecular flexibility index (Phi) is 8.27. The summed E-state index contributed by atoms with van der Waals surface area (Å²) >= 11 is 1.01. The molecule has 0 saturated heterocycles. The predicted octanol–water partition coefficient (Wildman–Crippen LogP) is 3.18. The Morgan fingerprint density at radius 1 is 1.31 bits per heavy atom. The molecule has 2 rings (SSSR count). The van der Waals surface area contributed by atoms with Crippen LogP contribution in [0.4, 0.5) is 13.2 Å². The van der Waals surface area contributed by atoms with E-state index in [1.165, 1.54) is 0 Å². The maximum absolute atomic E-state index is 12.6. The molecule has 0 aliphatic carbocycles. The van der Waals surface area contributed by atoms with E-state index in [0.29, 0.717) is 30.5 Å². The van der Waals surface area contributed by atoms with Crippen molar-refractivity contribution in [3.63, 3.8) is 0 Å². The van der Waals surface area contributed by atoms with Crippen molar-refractivity contribution in [1.82, 2.24) is 20.5 Å². The molecule has 0 aliphatic rings. The molecule has 6 nitrogen and oxygen atoms in total. The van der Waals surface area contributed by atoms with Gasteiger partial charge in [0.2, 0.25) is 0 Å². The van der Waals surface area contributed by atoms with Crippen LogP contribution in [0.5, 0.6) is 5.75 Å². The lowest BCUT2D eigenvalue weighted by atomic mass is 10.1. The van der Waals surface area contributed by atoms with Crippen LogP contribution in [0.2, 0.25) is 0 Å². The van der Waals surface area contributed by atoms with Gasteiger partial charge in [0.05, 0.1) is 18.2 Å². The van der Waals surface area contributed by atoms with Gasteiger partial charge >= 0.3 is 6.18 Å². The second-order valence-electron chi connectivity index (χ2n) is 6.51. The van der Waals surface area contributed by atoms with Crippen LogP contribution < -0.4 is 15.4 Å². The number of alkyl halides is 3. The fourth-order valence-electron chi connectivity index (χ4n) is 2.71. The third-order valence-electron chi connectivity index (χ3n) is 4.26. The number of benzene rings is 1. The third kappa shape index (κ3) is 6.90. The quantitative estimate of drug-likeness (QED) is 0.499. The Balaban J connectivity index is 1.89. The minimum Gasteiger partial charge on any atom is -0.497 e. The van der Waals surface area contributed by atoms with Crippen molar-refractivity contribution < 1.29 is 17.9 Å². The van der Waals surface area contributed by atoms with E-state index in [0.717, 1.165) is 28.0 Å². The molecule has 2 N–H and O–H groups in total. The van der Waals surface area contributed by atoms with E-state index in [1.54, 1.807) is 14.2 Å². The molecular weight excluding hydrogens is 403 g/mol. The Morgan fingerprint density at radius 2 is 2.07 bits per heavy atom. The summed E-state index contributed by atoms with van der Waals surface area (Å²) in [6.07, 6.45) is -4.02. The first-order valence-electron chi connectivity index (χ1n) is 9.01. The van der Waals surface area contributed by atoms with E-state index >= 15 is 0 Å². The Morgan fingerprint density at radius 3 is 2.66 bits per heavy atom. The van der Waals surface area contributed by atoms with E-state index < -0.39 is 11.9 Å². The lowest BCUT2D eigenvalue weighted by Gasteiger charge is -2.26. The smallest absolute Gasteiger partial charge is 0.434 e. The van der Waals surface area contributed by atoms with E-state index in [-0.39, 0.29) is 6.04 Å². The van der Waals surface area contributed by atoms with E-state index in [9.17, 15) is 13.2 Å². The first kappa shape index (κ1) is 23.0. The van der Waals surface area contributed by atoms with Crippen LogP contribution in [0.3, 0.4) is 0 Å². The number of nitrogens with zero attached hydrogens (tertiary/aromatic N) is 3. The maximum Gasteiger partial charge on any atom is 0.434 e. The van der Waals surface area contributed by atoms with E-state index in [4.69, 9.17) is 4.74 Å². The summed E-state index contributed by atoms with van der Waals surface area (Å²) in [6.45, 7) is 1.02. The van der Waals surface area contributed by atoms with Gasteiger partial charge in [-0.05, 0) is 31.8 Å². The first-order valence-corrected chi connectivity index (χ1v) is 9.89. The van der Waals surface area contributed by atoms with Crippen molar-refractivity contribution in [2.24, 2.45) is 4.99 Å². The molecule has 160 valence electrons. The van der Waals surface area contributed by atoms with Gasteiger partial charge in [-0.2, -0.15) is 13.2 Å². The zero-order valence-electron chi connectivity index (χ0n) is 16.9. The molecule has 0 aliphatic heterocycles. The largest absolute Gasteiger partial charge is 0.497 e. The number of methoxy groups -OCH3 is 1. The van der Waals surface area contributed by atoms with Gasteiger partial charge in [0.15, 0.2) is 11.7 Å². The van der Waals surface area contributed by atoms with Gasteiger partial charge in [-0.15, -0.1) is 11.3 Å². The highest BCUT2D eigenvalue weighted by Crippen LogP contribution is 2.30. The fourth-order valence-corrected chi connectivity index (χ4v) is 3.51. The number of aliphatic imine (C=N–C) groups is 1. The monoisotopic (exact) mass is 429 g/mol. The molecule has 10 heteroatoms. The summed E-state index contributed by atoms with van der Waals surface area (Å²) in [5, 5.41) is 7.85. The van der Waals surface area contributed by atoms with Crippen LogP contribution in [0.25, 0.3) is 0 Å². The van der Waals surface area contributed by atoms with Crippen molar-refractivity contribution in [1.29, 1.82) is 0 Å². The number of likely N-dealkylation sites (N-methyl/N-ethyl adjacent to an activating group) is 1. The number of guanidine groups is 1. The molecule has 1 heterocycles. The average molecular weight is 430 g/mol. The lowest BCUT2D eigenvalue weighted by Crippen LogP contribution is -2.42. The maximum atomic E-state index is 12.6. The molecular formula is C19H26F3N5OS. The normalized spacial score (nSPS) is 13.4. The molecule has 1 aromatic carbocycles. The predicted molar refractivity (Wildman–Crippen MR) is 110 cm³/mol. The number of halogens is 3. The van der Waals surface area contributed by atoms with Gasteiger partial charge < -0.3 is 20.3 Å². The Labute approximate surface area is 172 Å². The summed E-state index contributed by atoms with van der Waals surface area (Å²) in [4.78, 5) is 9.90. The van der Waals surface area contributed by atoms with Crippen molar-refractivity contribution in [3.05, 3.63) is 45.9 Å². The number of ether oxygens (including phenoxy) is 1. The number of thiazole rings is 1. The highest BCUT2D eigenvalue weighted by Gasteiger charge is 2.33. The van der Waals surface area contributed by atoms with Crippen LogP contribution >= 0.6 is 11.3 Å². The zero-order valence-corrected chi connectivity index (χ0v) is 17.7. The number of hydrogen-bond acceptors (Lipinski definition) is 5. The van der Waals surface area contributed by atoms with E-state index in [2.05, 4.69) is 25.5 Å². The van der Waals surface area contributed by atoms with Gasteiger partial charge in [-0.3, -0.25) is 4.99 Å². The van der Waals surface area contributed by atoms with Crippen molar-refractivity contribution in [2.75, 3.05) is 41.3 Å². The van der Waals surface area contributed by atoms with Crippen LogP contribution in [0.15, 0.2) is 34.6 Å². The second kappa shape index (κ2) is 10.4. The minimum absolute atomic E-state index is 0.0805. The Bertz CT molecular complexity index is 807. The summed E-state index contributed by atoms with van der Waals surface area (Å²) in [5.74, 6) is 1.37. The summed E-state index contributed by atoms with van der Waals surface area (Å²) in [7, 11) is 7.26. The fraction of sp³-hybridized carbons (Fsp3) is 0.474.